The third-order valence-corrected chi connectivity index (χ3v) is 2.39. The molecule has 0 aliphatic heterocycles. The maximum atomic E-state index is 11.8. The van der Waals surface area contributed by atoms with Gasteiger partial charge in [-0.05, 0) is 18.2 Å². The first-order valence-electron chi connectivity index (χ1n) is 5.23. The second-order valence-corrected chi connectivity index (χ2v) is 4.10. The molecule has 2 rings (SSSR count). The van der Waals surface area contributed by atoms with Crippen LogP contribution in [-0.2, 0) is 11.3 Å². The van der Waals surface area contributed by atoms with Crippen molar-refractivity contribution in [1.29, 1.82) is 0 Å². The van der Waals surface area contributed by atoms with Gasteiger partial charge in [0.25, 0.3) is 5.91 Å². The van der Waals surface area contributed by atoms with Crippen LogP contribution in [0.25, 0.3) is 0 Å². The molecule has 0 aliphatic rings. The van der Waals surface area contributed by atoms with Crippen molar-refractivity contribution < 1.29 is 14.7 Å². The van der Waals surface area contributed by atoms with E-state index in [0.29, 0.717) is 10.7 Å². The highest BCUT2D eigenvalue weighted by atomic mass is 35.5. The first-order valence-corrected chi connectivity index (χ1v) is 5.61. The van der Waals surface area contributed by atoms with E-state index < -0.39 is 11.9 Å². The Balaban J connectivity index is 2.07. The largest absolute Gasteiger partial charge is 0.480 e. The van der Waals surface area contributed by atoms with E-state index in [-0.39, 0.29) is 12.2 Å². The standard InChI is InChI=1S/C11H9ClN4O3/c12-7-2-1-3-8(4-7)13-11(19)9-5-16(15-14-9)6-10(17)18/h1-5H,6H2,(H,13,19)(H,17,18). The topological polar surface area (TPSA) is 97.1 Å². The van der Waals surface area contributed by atoms with Gasteiger partial charge in [-0.15, -0.1) is 5.10 Å². The maximum absolute atomic E-state index is 11.8. The number of carboxylic acids is 1. The Morgan fingerprint density at radius 1 is 1.42 bits per heavy atom. The van der Waals surface area contributed by atoms with Crippen molar-refractivity contribution in [2.24, 2.45) is 0 Å². The molecule has 7 nitrogen and oxygen atoms in total. The number of hydrogen-bond donors (Lipinski definition) is 2. The lowest BCUT2D eigenvalue weighted by Crippen LogP contribution is -2.12. The van der Waals surface area contributed by atoms with Crippen molar-refractivity contribution in [3.63, 3.8) is 0 Å². The van der Waals surface area contributed by atoms with Gasteiger partial charge in [0.05, 0.1) is 6.20 Å². The van der Waals surface area contributed by atoms with Crippen molar-refractivity contribution in [2.75, 3.05) is 5.32 Å². The highest BCUT2D eigenvalue weighted by Crippen LogP contribution is 2.15. The molecule has 19 heavy (non-hydrogen) atoms. The van der Waals surface area contributed by atoms with Gasteiger partial charge >= 0.3 is 5.97 Å². The second-order valence-electron chi connectivity index (χ2n) is 3.66. The molecule has 0 spiro atoms. The van der Waals surface area contributed by atoms with Gasteiger partial charge in [0.15, 0.2) is 5.69 Å². The Labute approximate surface area is 112 Å². The minimum absolute atomic E-state index is 0.0289. The van der Waals surface area contributed by atoms with Gasteiger partial charge in [-0.1, -0.05) is 22.9 Å². The fraction of sp³-hybridized carbons (Fsp3) is 0.0909. The monoisotopic (exact) mass is 280 g/mol. The first kappa shape index (κ1) is 13.0. The van der Waals surface area contributed by atoms with Gasteiger partial charge < -0.3 is 10.4 Å². The average molecular weight is 281 g/mol. The number of hydrogen-bond acceptors (Lipinski definition) is 4. The van der Waals surface area contributed by atoms with Crippen molar-refractivity contribution in [1.82, 2.24) is 15.0 Å². The number of carbonyl (C=O) groups excluding carboxylic acids is 1. The predicted octanol–water partition coefficient (Wildman–Crippen LogP) is 1.27. The maximum Gasteiger partial charge on any atom is 0.325 e. The van der Waals surface area contributed by atoms with Gasteiger partial charge in [0.1, 0.15) is 6.54 Å². The van der Waals surface area contributed by atoms with Crippen molar-refractivity contribution in [2.45, 2.75) is 6.54 Å². The minimum atomic E-state index is -1.06. The molecule has 0 unspecified atom stereocenters. The normalized spacial score (nSPS) is 10.2. The molecule has 8 heteroatoms. The smallest absolute Gasteiger partial charge is 0.325 e. The molecule has 0 saturated carbocycles. The lowest BCUT2D eigenvalue weighted by Gasteiger charge is -2.02. The van der Waals surface area contributed by atoms with Gasteiger partial charge in [-0.3, -0.25) is 9.59 Å². The van der Waals surface area contributed by atoms with Crippen molar-refractivity contribution in [3.8, 4) is 0 Å². The molecule has 98 valence electrons. The number of amides is 1. The van der Waals surface area contributed by atoms with Crippen LogP contribution in [0.5, 0.6) is 0 Å². The summed E-state index contributed by atoms with van der Waals surface area (Å²) in [7, 11) is 0. The molecule has 0 radical (unpaired) electrons. The summed E-state index contributed by atoms with van der Waals surface area (Å²) in [5.74, 6) is -1.55. The van der Waals surface area contributed by atoms with Gasteiger partial charge in [-0.25, -0.2) is 4.68 Å². The molecule has 2 N–H and O–H groups in total. The average Bonchev–Trinajstić information content (AvgIpc) is 2.76. The molecule has 0 saturated heterocycles. The number of benzene rings is 1. The summed E-state index contributed by atoms with van der Waals surface area (Å²) in [6.45, 7) is -0.350. The summed E-state index contributed by atoms with van der Waals surface area (Å²) >= 11 is 5.79. The number of carboxylic acid groups (broad SMARTS) is 1. The van der Waals surface area contributed by atoms with E-state index in [4.69, 9.17) is 16.7 Å². The van der Waals surface area contributed by atoms with Crippen molar-refractivity contribution in [3.05, 3.63) is 41.2 Å². The zero-order valence-corrected chi connectivity index (χ0v) is 10.3. The molecule has 0 atom stereocenters. The molecule has 1 aromatic heterocycles. The molecular formula is C11H9ClN4O3. The number of aromatic nitrogens is 3. The molecule has 0 aliphatic carbocycles. The van der Waals surface area contributed by atoms with Gasteiger partial charge in [0, 0.05) is 10.7 Å². The third-order valence-electron chi connectivity index (χ3n) is 2.15. The second kappa shape index (κ2) is 5.49. The Bertz CT molecular complexity index is 626. The van der Waals surface area contributed by atoms with Crippen molar-refractivity contribution >= 4 is 29.2 Å². The summed E-state index contributed by atoms with van der Waals surface area (Å²) in [6.07, 6.45) is 1.26. The lowest BCUT2D eigenvalue weighted by molar-refractivity contribution is -0.137. The summed E-state index contributed by atoms with van der Waals surface area (Å²) in [5.41, 5.74) is 0.548. The lowest BCUT2D eigenvalue weighted by atomic mass is 10.3. The van der Waals surface area contributed by atoms with E-state index in [2.05, 4.69) is 15.6 Å². The Morgan fingerprint density at radius 3 is 2.89 bits per heavy atom. The number of aliphatic carboxylic acids is 1. The van der Waals surface area contributed by atoms with Crippen LogP contribution in [0, 0.1) is 0 Å². The van der Waals surface area contributed by atoms with E-state index in [0.717, 1.165) is 4.68 Å². The SMILES string of the molecule is O=C(O)Cn1cc(C(=O)Nc2cccc(Cl)c2)nn1. The summed E-state index contributed by atoms with van der Waals surface area (Å²) in [4.78, 5) is 22.3. The van der Waals surface area contributed by atoms with Gasteiger partial charge in [0.2, 0.25) is 0 Å². The zero-order valence-electron chi connectivity index (χ0n) is 9.58. The molecular weight excluding hydrogens is 272 g/mol. The Kier molecular flexibility index (Phi) is 3.76. The zero-order chi connectivity index (χ0) is 13.8. The molecule has 1 aromatic carbocycles. The molecule has 1 amide bonds. The quantitative estimate of drug-likeness (QED) is 0.879. The summed E-state index contributed by atoms with van der Waals surface area (Å²) in [6, 6.07) is 6.63. The van der Waals surface area contributed by atoms with Crippen LogP contribution >= 0.6 is 11.6 Å². The molecule has 1 heterocycles. The van der Waals surface area contributed by atoms with Crippen LogP contribution in [0.3, 0.4) is 0 Å². The van der Waals surface area contributed by atoms with Crippen LogP contribution in [-0.4, -0.2) is 32.0 Å². The number of rotatable bonds is 4. The minimum Gasteiger partial charge on any atom is -0.480 e. The fourth-order valence-corrected chi connectivity index (χ4v) is 1.57. The van der Waals surface area contributed by atoms with E-state index >= 15 is 0 Å². The van der Waals surface area contributed by atoms with Crippen LogP contribution in [0.15, 0.2) is 30.5 Å². The number of anilines is 1. The number of nitrogens with zero attached hydrogens (tertiary/aromatic N) is 3. The highest BCUT2D eigenvalue weighted by Gasteiger charge is 2.12. The van der Waals surface area contributed by atoms with E-state index in [1.54, 1.807) is 24.3 Å². The Hall–Kier alpha value is -2.41. The first-order chi connectivity index (χ1) is 9.04. The van der Waals surface area contributed by atoms with Gasteiger partial charge in [-0.2, -0.15) is 0 Å². The number of carbonyl (C=O) groups is 2. The predicted molar refractivity (Wildman–Crippen MR) is 67.1 cm³/mol. The van der Waals surface area contributed by atoms with E-state index in [1.165, 1.54) is 6.20 Å². The number of nitrogens with one attached hydrogen (secondary N) is 1. The van der Waals surface area contributed by atoms with Crippen LogP contribution in [0.2, 0.25) is 5.02 Å². The fourth-order valence-electron chi connectivity index (χ4n) is 1.38. The van der Waals surface area contributed by atoms with E-state index in [9.17, 15) is 9.59 Å². The molecule has 0 fully saturated rings. The highest BCUT2D eigenvalue weighted by molar-refractivity contribution is 6.30. The third kappa shape index (κ3) is 3.52. The van der Waals surface area contributed by atoms with Crippen LogP contribution < -0.4 is 5.32 Å². The number of halogens is 1. The van der Waals surface area contributed by atoms with Crippen LogP contribution in [0.1, 0.15) is 10.5 Å². The molecule has 2 aromatic rings. The molecule has 0 bridgehead atoms. The van der Waals surface area contributed by atoms with E-state index in [1.807, 2.05) is 0 Å². The Morgan fingerprint density at radius 2 is 2.21 bits per heavy atom. The summed E-state index contributed by atoms with van der Waals surface area (Å²) in [5, 5.41) is 18.8. The van der Waals surface area contributed by atoms with Crippen LogP contribution in [0.4, 0.5) is 5.69 Å². The summed E-state index contributed by atoms with van der Waals surface area (Å²) < 4.78 is 1.06.